The van der Waals surface area contributed by atoms with Crippen LogP contribution in [0.25, 0.3) is 0 Å². The number of carbonyl (C=O) groups excluding carboxylic acids is 2. The van der Waals surface area contributed by atoms with Gasteiger partial charge in [0, 0.05) is 6.92 Å². The van der Waals surface area contributed by atoms with Crippen LogP contribution >= 0.6 is 0 Å². The third-order valence-corrected chi connectivity index (χ3v) is 4.39. The molecule has 0 amide bonds. The number of ether oxygens (including phenoxy) is 2. The molecule has 1 rings (SSSR count). The molecule has 20 heavy (non-hydrogen) atoms. The van der Waals surface area contributed by atoms with Gasteiger partial charge in [0.25, 0.3) is 0 Å². The van der Waals surface area contributed by atoms with Gasteiger partial charge < -0.3 is 9.47 Å². The molecule has 0 N–H and O–H groups in total. The zero-order valence-corrected chi connectivity index (χ0v) is 13.7. The predicted molar refractivity (Wildman–Crippen MR) is 77.0 cm³/mol. The van der Waals surface area contributed by atoms with Crippen LogP contribution < -0.4 is 0 Å². The van der Waals surface area contributed by atoms with Crippen molar-refractivity contribution < 1.29 is 19.1 Å². The second kappa shape index (κ2) is 6.15. The number of rotatable bonds is 2. The molecule has 0 aromatic rings. The van der Waals surface area contributed by atoms with E-state index in [0.717, 1.165) is 0 Å². The van der Waals surface area contributed by atoms with Gasteiger partial charge in [-0.2, -0.15) is 0 Å². The molecule has 0 bridgehead atoms. The highest BCUT2D eigenvalue weighted by molar-refractivity contribution is 5.73. The topological polar surface area (TPSA) is 52.6 Å². The normalized spacial score (nSPS) is 34.5. The standard InChI is InChI=1S/C16H28O4/c1-9-10(2)13(15(18)20-16(5,6)7)8-14(11(9)3)19-12(4)17/h9-11,13-14H,8H2,1-7H3/t9-,10-,11+,13+,14-/m0/s1. The molecule has 1 aliphatic carbocycles. The van der Waals surface area contributed by atoms with Gasteiger partial charge in [-0.25, -0.2) is 0 Å². The Hall–Kier alpha value is -1.06. The minimum absolute atomic E-state index is 0.180. The van der Waals surface area contributed by atoms with Gasteiger partial charge in [0.05, 0.1) is 5.92 Å². The minimum Gasteiger partial charge on any atom is -0.462 e. The monoisotopic (exact) mass is 284 g/mol. The van der Waals surface area contributed by atoms with Gasteiger partial charge in [-0.3, -0.25) is 9.59 Å². The van der Waals surface area contributed by atoms with E-state index in [4.69, 9.17) is 9.47 Å². The molecule has 0 heterocycles. The maximum atomic E-state index is 12.3. The quantitative estimate of drug-likeness (QED) is 0.731. The average molecular weight is 284 g/mol. The first kappa shape index (κ1) is 17.0. The highest BCUT2D eigenvalue weighted by atomic mass is 16.6. The van der Waals surface area contributed by atoms with E-state index < -0.39 is 5.60 Å². The Bertz CT molecular complexity index is 369. The zero-order valence-electron chi connectivity index (χ0n) is 13.7. The van der Waals surface area contributed by atoms with Gasteiger partial charge in [0.1, 0.15) is 11.7 Å². The van der Waals surface area contributed by atoms with Gasteiger partial charge in [-0.1, -0.05) is 20.8 Å². The smallest absolute Gasteiger partial charge is 0.309 e. The van der Waals surface area contributed by atoms with Crippen molar-refractivity contribution in [3.05, 3.63) is 0 Å². The van der Waals surface area contributed by atoms with Crippen LogP contribution in [0.3, 0.4) is 0 Å². The SMILES string of the molecule is CC(=O)O[C@H]1C[C@@H](C(=O)OC(C)(C)C)[C@@H](C)[C@H](C)[C@H]1C. The number of hydrogen-bond acceptors (Lipinski definition) is 4. The molecule has 116 valence electrons. The summed E-state index contributed by atoms with van der Waals surface area (Å²) in [5.74, 6) is 0.127. The minimum atomic E-state index is -0.486. The molecule has 0 unspecified atom stereocenters. The number of hydrogen-bond donors (Lipinski definition) is 0. The van der Waals surface area contributed by atoms with E-state index in [1.54, 1.807) is 0 Å². The van der Waals surface area contributed by atoms with Gasteiger partial charge in [0.15, 0.2) is 0 Å². The first-order valence-electron chi connectivity index (χ1n) is 7.43. The molecule has 0 aliphatic heterocycles. The van der Waals surface area contributed by atoms with Crippen molar-refractivity contribution in [3.8, 4) is 0 Å². The fraction of sp³-hybridized carbons (Fsp3) is 0.875. The van der Waals surface area contributed by atoms with Crippen LogP contribution in [-0.4, -0.2) is 23.6 Å². The summed E-state index contributed by atoms with van der Waals surface area (Å²) in [6.45, 7) is 13.3. The van der Waals surface area contributed by atoms with Gasteiger partial charge in [-0.05, 0) is 44.9 Å². The lowest BCUT2D eigenvalue weighted by atomic mass is 9.67. The Morgan fingerprint density at radius 3 is 2.00 bits per heavy atom. The highest BCUT2D eigenvalue weighted by Crippen LogP contribution is 2.40. The van der Waals surface area contributed by atoms with Crippen LogP contribution in [0, 0.1) is 23.7 Å². The van der Waals surface area contributed by atoms with Gasteiger partial charge in [-0.15, -0.1) is 0 Å². The lowest BCUT2D eigenvalue weighted by molar-refractivity contribution is -0.173. The van der Waals surface area contributed by atoms with Crippen molar-refractivity contribution >= 4 is 11.9 Å². The Morgan fingerprint density at radius 1 is 1.00 bits per heavy atom. The molecule has 0 radical (unpaired) electrons. The summed E-state index contributed by atoms with van der Waals surface area (Å²) in [5, 5.41) is 0. The average Bonchev–Trinajstić information content (AvgIpc) is 2.27. The Morgan fingerprint density at radius 2 is 1.55 bits per heavy atom. The second-order valence-corrected chi connectivity index (χ2v) is 7.10. The molecule has 4 nitrogen and oxygen atoms in total. The van der Waals surface area contributed by atoms with Crippen molar-refractivity contribution in [2.75, 3.05) is 0 Å². The second-order valence-electron chi connectivity index (χ2n) is 7.10. The van der Waals surface area contributed by atoms with Crippen LogP contribution in [0.1, 0.15) is 54.9 Å². The summed E-state index contributed by atoms with van der Waals surface area (Å²) < 4.78 is 10.9. The summed E-state index contributed by atoms with van der Waals surface area (Å²) in [6.07, 6.45) is 0.359. The molecular formula is C16H28O4. The third kappa shape index (κ3) is 4.22. The lowest BCUT2D eigenvalue weighted by Gasteiger charge is -2.42. The molecule has 1 saturated carbocycles. The van der Waals surface area contributed by atoms with E-state index in [1.807, 2.05) is 20.8 Å². The maximum Gasteiger partial charge on any atom is 0.309 e. The summed E-state index contributed by atoms with van der Waals surface area (Å²) >= 11 is 0. The summed E-state index contributed by atoms with van der Waals surface area (Å²) in [4.78, 5) is 23.6. The molecule has 1 aliphatic rings. The summed E-state index contributed by atoms with van der Waals surface area (Å²) in [5.41, 5.74) is -0.486. The first-order chi connectivity index (χ1) is 9.03. The lowest BCUT2D eigenvalue weighted by Crippen LogP contribution is -2.45. The molecule has 0 aromatic carbocycles. The molecular weight excluding hydrogens is 256 g/mol. The van der Waals surface area contributed by atoms with Crippen molar-refractivity contribution in [2.45, 2.75) is 66.6 Å². The van der Waals surface area contributed by atoms with Crippen LogP contribution in [-0.2, 0) is 19.1 Å². The molecule has 0 aromatic heterocycles. The van der Waals surface area contributed by atoms with Gasteiger partial charge >= 0.3 is 11.9 Å². The highest BCUT2D eigenvalue weighted by Gasteiger charge is 2.44. The number of esters is 2. The van der Waals surface area contributed by atoms with Crippen LogP contribution in [0.2, 0.25) is 0 Å². The maximum absolute atomic E-state index is 12.3. The largest absolute Gasteiger partial charge is 0.462 e. The van der Waals surface area contributed by atoms with E-state index >= 15 is 0 Å². The van der Waals surface area contributed by atoms with E-state index in [9.17, 15) is 9.59 Å². The van der Waals surface area contributed by atoms with E-state index in [0.29, 0.717) is 12.3 Å². The van der Waals surface area contributed by atoms with Crippen molar-refractivity contribution in [2.24, 2.45) is 23.7 Å². The third-order valence-electron chi connectivity index (χ3n) is 4.39. The molecule has 0 saturated heterocycles. The van der Waals surface area contributed by atoms with E-state index in [1.165, 1.54) is 6.92 Å². The Kier molecular flexibility index (Phi) is 5.22. The zero-order chi connectivity index (χ0) is 15.7. The molecule has 4 heteroatoms. The Labute approximate surface area is 122 Å². The number of carbonyl (C=O) groups is 2. The first-order valence-corrected chi connectivity index (χ1v) is 7.43. The van der Waals surface area contributed by atoms with E-state index in [-0.39, 0.29) is 35.8 Å². The Balaban J connectivity index is 2.84. The van der Waals surface area contributed by atoms with Crippen molar-refractivity contribution in [1.82, 2.24) is 0 Å². The predicted octanol–water partition coefficient (Wildman–Crippen LogP) is 3.19. The van der Waals surface area contributed by atoms with Crippen molar-refractivity contribution in [3.63, 3.8) is 0 Å². The van der Waals surface area contributed by atoms with Crippen LogP contribution in [0.4, 0.5) is 0 Å². The fourth-order valence-electron chi connectivity index (χ4n) is 2.92. The van der Waals surface area contributed by atoms with Gasteiger partial charge in [0.2, 0.25) is 0 Å². The van der Waals surface area contributed by atoms with Crippen molar-refractivity contribution in [1.29, 1.82) is 0 Å². The summed E-state index contributed by atoms with van der Waals surface area (Å²) in [6, 6.07) is 0. The van der Waals surface area contributed by atoms with Crippen LogP contribution in [0.5, 0.6) is 0 Å². The molecule has 0 spiro atoms. The summed E-state index contributed by atoms with van der Waals surface area (Å²) in [7, 11) is 0. The molecule has 1 fully saturated rings. The van der Waals surface area contributed by atoms with E-state index in [2.05, 4.69) is 20.8 Å². The molecule has 5 atom stereocenters. The van der Waals surface area contributed by atoms with Crippen LogP contribution in [0.15, 0.2) is 0 Å². The fourth-order valence-corrected chi connectivity index (χ4v) is 2.92.